The van der Waals surface area contributed by atoms with Crippen molar-refractivity contribution in [3.63, 3.8) is 0 Å². The molecule has 2 nitrogen and oxygen atoms in total. The third kappa shape index (κ3) is 3.27. The van der Waals surface area contributed by atoms with E-state index in [1.54, 1.807) is 0 Å². The molecule has 1 N–H and O–H groups in total. The van der Waals surface area contributed by atoms with Gasteiger partial charge in [-0.3, -0.25) is 0 Å². The highest BCUT2D eigenvalue weighted by Gasteiger charge is 2.33. The lowest BCUT2D eigenvalue weighted by Gasteiger charge is -2.31. The number of piperidine rings is 1. The van der Waals surface area contributed by atoms with Crippen LogP contribution in [-0.2, 0) is 12.6 Å². The molecule has 1 aromatic carbocycles. The van der Waals surface area contributed by atoms with Crippen LogP contribution in [0.25, 0.3) is 0 Å². The van der Waals surface area contributed by atoms with E-state index in [0.717, 1.165) is 43.6 Å². The summed E-state index contributed by atoms with van der Waals surface area (Å²) in [5, 5.41) is 12.5. The number of halogens is 3. The summed E-state index contributed by atoms with van der Waals surface area (Å²) in [6.45, 7) is 1.57. The van der Waals surface area contributed by atoms with E-state index in [4.69, 9.17) is 0 Å². The SMILES string of the molecule is N#CC1(Cc2ccc(C(F)(F)F)cc2)CCNCC1. The summed E-state index contributed by atoms with van der Waals surface area (Å²) in [5.74, 6) is 0. The van der Waals surface area contributed by atoms with E-state index in [-0.39, 0.29) is 0 Å². The summed E-state index contributed by atoms with van der Waals surface area (Å²) < 4.78 is 37.4. The molecule has 1 aliphatic heterocycles. The van der Waals surface area contributed by atoms with Gasteiger partial charge in [0.1, 0.15) is 0 Å². The van der Waals surface area contributed by atoms with E-state index < -0.39 is 17.2 Å². The molecule has 1 fully saturated rings. The molecule has 1 saturated heterocycles. The Morgan fingerprint density at radius 3 is 2.21 bits per heavy atom. The van der Waals surface area contributed by atoms with Crippen molar-refractivity contribution in [3.05, 3.63) is 35.4 Å². The first-order valence-corrected chi connectivity index (χ1v) is 6.23. The van der Waals surface area contributed by atoms with Crippen molar-refractivity contribution in [2.75, 3.05) is 13.1 Å². The molecule has 2 rings (SSSR count). The van der Waals surface area contributed by atoms with Gasteiger partial charge in [-0.25, -0.2) is 0 Å². The molecule has 1 aliphatic rings. The maximum atomic E-state index is 12.5. The fourth-order valence-corrected chi connectivity index (χ4v) is 2.44. The summed E-state index contributed by atoms with van der Waals surface area (Å²) in [4.78, 5) is 0. The zero-order valence-corrected chi connectivity index (χ0v) is 10.4. The fourth-order valence-electron chi connectivity index (χ4n) is 2.44. The normalized spacial score (nSPS) is 18.8. The van der Waals surface area contributed by atoms with Crippen LogP contribution in [0.4, 0.5) is 13.2 Å². The molecule has 0 aromatic heterocycles. The molecular formula is C14H15F3N2. The second-order valence-electron chi connectivity index (χ2n) is 5.01. The van der Waals surface area contributed by atoms with E-state index >= 15 is 0 Å². The maximum absolute atomic E-state index is 12.5. The van der Waals surface area contributed by atoms with Gasteiger partial charge >= 0.3 is 6.18 Å². The second-order valence-corrected chi connectivity index (χ2v) is 5.01. The minimum atomic E-state index is -4.31. The van der Waals surface area contributed by atoms with Crippen LogP contribution in [0.3, 0.4) is 0 Å². The van der Waals surface area contributed by atoms with Crippen LogP contribution in [0.5, 0.6) is 0 Å². The molecule has 19 heavy (non-hydrogen) atoms. The Morgan fingerprint density at radius 1 is 1.16 bits per heavy atom. The topological polar surface area (TPSA) is 35.8 Å². The first-order valence-electron chi connectivity index (χ1n) is 6.23. The first kappa shape index (κ1) is 13.9. The fraction of sp³-hybridized carbons (Fsp3) is 0.500. The predicted molar refractivity (Wildman–Crippen MR) is 65.3 cm³/mol. The minimum Gasteiger partial charge on any atom is -0.317 e. The lowest BCUT2D eigenvalue weighted by molar-refractivity contribution is -0.137. The van der Waals surface area contributed by atoms with Crippen molar-refractivity contribution in [1.82, 2.24) is 5.32 Å². The minimum absolute atomic E-state index is 0.439. The standard InChI is InChI=1S/C14H15F3N2/c15-14(16,17)12-3-1-11(2-4-12)9-13(10-18)5-7-19-8-6-13/h1-4,19H,5-9H2. The van der Waals surface area contributed by atoms with Crippen molar-refractivity contribution in [3.8, 4) is 6.07 Å². The van der Waals surface area contributed by atoms with Crippen LogP contribution < -0.4 is 5.32 Å². The van der Waals surface area contributed by atoms with Gasteiger partial charge in [-0.05, 0) is 50.0 Å². The van der Waals surface area contributed by atoms with Crippen LogP contribution >= 0.6 is 0 Å². The average molecular weight is 268 g/mol. The molecule has 102 valence electrons. The van der Waals surface area contributed by atoms with Crippen molar-refractivity contribution in [2.45, 2.75) is 25.4 Å². The highest BCUT2D eigenvalue weighted by Crippen LogP contribution is 2.34. The molecule has 0 radical (unpaired) electrons. The summed E-state index contributed by atoms with van der Waals surface area (Å²) in [6, 6.07) is 7.47. The van der Waals surface area contributed by atoms with Gasteiger partial charge in [-0.15, -0.1) is 0 Å². The quantitative estimate of drug-likeness (QED) is 0.894. The van der Waals surface area contributed by atoms with Crippen molar-refractivity contribution >= 4 is 0 Å². The van der Waals surface area contributed by atoms with E-state index in [1.807, 2.05) is 0 Å². The Labute approximate surface area is 110 Å². The summed E-state index contributed by atoms with van der Waals surface area (Å²) >= 11 is 0. The molecule has 0 saturated carbocycles. The van der Waals surface area contributed by atoms with E-state index in [0.29, 0.717) is 6.42 Å². The van der Waals surface area contributed by atoms with Gasteiger partial charge in [0.2, 0.25) is 0 Å². The lowest BCUT2D eigenvalue weighted by Crippen LogP contribution is -2.37. The number of hydrogen-bond donors (Lipinski definition) is 1. The number of benzene rings is 1. The first-order chi connectivity index (χ1) is 8.95. The Bertz CT molecular complexity index is 465. The van der Waals surface area contributed by atoms with Gasteiger partial charge in [0.25, 0.3) is 0 Å². The van der Waals surface area contributed by atoms with E-state index in [2.05, 4.69) is 11.4 Å². The Morgan fingerprint density at radius 2 is 1.74 bits per heavy atom. The number of hydrogen-bond acceptors (Lipinski definition) is 2. The van der Waals surface area contributed by atoms with Gasteiger partial charge in [-0.1, -0.05) is 12.1 Å². The summed E-state index contributed by atoms with van der Waals surface area (Å²) in [5.41, 5.74) is -0.297. The molecule has 5 heteroatoms. The molecule has 1 heterocycles. The van der Waals surface area contributed by atoms with Gasteiger partial charge in [0.05, 0.1) is 17.0 Å². The second kappa shape index (κ2) is 5.22. The monoisotopic (exact) mass is 268 g/mol. The highest BCUT2D eigenvalue weighted by molar-refractivity contribution is 5.26. The zero-order valence-electron chi connectivity index (χ0n) is 10.4. The van der Waals surface area contributed by atoms with Gasteiger partial charge in [0, 0.05) is 0 Å². The number of nitrogens with zero attached hydrogens (tertiary/aromatic N) is 1. The van der Waals surface area contributed by atoms with Crippen LogP contribution in [-0.4, -0.2) is 13.1 Å². The van der Waals surface area contributed by atoms with Crippen LogP contribution in [0.1, 0.15) is 24.0 Å². The predicted octanol–water partition coefficient (Wildman–Crippen LogP) is 3.14. The van der Waals surface area contributed by atoms with Gasteiger partial charge in [0.15, 0.2) is 0 Å². The van der Waals surface area contributed by atoms with Gasteiger partial charge < -0.3 is 5.32 Å². The summed E-state index contributed by atoms with van der Waals surface area (Å²) in [6.07, 6.45) is -2.31. The largest absolute Gasteiger partial charge is 0.416 e. The third-order valence-electron chi connectivity index (χ3n) is 3.62. The number of nitrogens with one attached hydrogen (secondary N) is 1. The van der Waals surface area contributed by atoms with E-state index in [9.17, 15) is 18.4 Å². The third-order valence-corrected chi connectivity index (χ3v) is 3.62. The molecular weight excluding hydrogens is 253 g/mol. The van der Waals surface area contributed by atoms with Crippen molar-refractivity contribution in [2.24, 2.45) is 5.41 Å². The molecule has 0 aliphatic carbocycles. The molecule has 1 aromatic rings. The molecule has 0 amide bonds. The summed E-state index contributed by atoms with van der Waals surface area (Å²) in [7, 11) is 0. The molecule has 0 spiro atoms. The molecule has 0 unspecified atom stereocenters. The lowest BCUT2D eigenvalue weighted by atomic mass is 9.75. The van der Waals surface area contributed by atoms with Crippen LogP contribution in [0, 0.1) is 16.7 Å². The van der Waals surface area contributed by atoms with Crippen LogP contribution in [0.15, 0.2) is 24.3 Å². The molecule has 0 bridgehead atoms. The smallest absolute Gasteiger partial charge is 0.317 e. The Kier molecular flexibility index (Phi) is 3.81. The Balaban J connectivity index is 2.13. The van der Waals surface area contributed by atoms with Gasteiger partial charge in [-0.2, -0.15) is 18.4 Å². The van der Waals surface area contributed by atoms with E-state index in [1.165, 1.54) is 12.1 Å². The Hall–Kier alpha value is -1.54. The number of rotatable bonds is 2. The zero-order chi connectivity index (χ0) is 13.9. The molecule has 0 atom stereocenters. The average Bonchev–Trinajstić information content (AvgIpc) is 2.39. The maximum Gasteiger partial charge on any atom is 0.416 e. The van der Waals surface area contributed by atoms with Crippen LogP contribution in [0.2, 0.25) is 0 Å². The van der Waals surface area contributed by atoms with Crippen molar-refractivity contribution in [1.29, 1.82) is 5.26 Å². The highest BCUT2D eigenvalue weighted by atomic mass is 19.4. The number of alkyl halides is 3. The van der Waals surface area contributed by atoms with Crippen molar-refractivity contribution < 1.29 is 13.2 Å². The number of nitriles is 1.